The Balaban J connectivity index is 1.46. The molecular weight excluding hydrogens is 256 g/mol. The second kappa shape index (κ2) is 8.02. The number of hydrogen-bond acceptors (Lipinski definition) is 3. The molecule has 1 aromatic carbocycles. The highest BCUT2D eigenvalue weighted by atomic mass is 16.8. The van der Waals surface area contributed by atoms with Gasteiger partial charge in [0.1, 0.15) is 6.10 Å². The molecular formula is C16H22O4. The maximum absolute atomic E-state index is 10.3. The minimum atomic E-state index is -0.704. The van der Waals surface area contributed by atoms with Crippen LogP contribution < -0.4 is 0 Å². The average molecular weight is 278 g/mol. The minimum absolute atomic E-state index is 0.0470. The average Bonchev–Trinajstić information content (AvgIpc) is 3.20. The molecule has 110 valence electrons. The quantitative estimate of drug-likeness (QED) is 0.526. The fraction of sp³-hybridized carbons (Fsp3) is 0.562. The highest BCUT2D eigenvalue weighted by molar-refractivity contribution is 5.66. The maximum Gasteiger partial charge on any atom is 0.303 e. The van der Waals surface area contributed by atoms with Crippen LogP contribution in [0.5, 0.6) is 0 Å². The predicted molar refractivity (Wildman–Crippen MR) is 75.2 cm³/mol. The molecule has 1 fully saturated rings. The third kappa shape index (κ3) is 5.72. The smallest absolute Gasteiger partial charge is 0.303 e. The Bertz CT molecular complexity index is 404. The standard InChI is InChI=1S/C16H22O4/c17-15(18)11-7-2-1-6-10-14-16(20-14)19-12-13-8-4-3-5-9-13/h3-5,8-9,14,16H,1-2,6-7,10-12H2,(H,17,18). The normalized spacial score (nSPS) is 20.8. The van der Waals surface area contributed by atoms with Crippen LogP contribution >= 0.6 is 0 Å². The van der Waals surface area contributed by atoms with Gasteiger partial charge in [0.2, 0.25) is 0 Å². The van der Waals surface area contributed by atoms with Crippen molar-refractivity contribution in [3.05, 3.63) is 35.9 Å². The molecule has 0 radical (unpaired) electrons. The Labute approximate surface area is 119 Å². The first-order valence-electron chi connectivity index (χ1n) is 7.28. The summed E-state index contributed by atoms with van der Waals surface area (Å²) >= 11 is 0. The summed E-state index contributed by atoms with van der Waals surface area (Å²) in [6, 6.07) is 10.1. The summed E-state index contributed by atoms with van der Waals surface area (Å²) in [6.45, 7) is 0.598. The molecule has 1 aliphatic heterocycles. The summed E-state index contributed by atoms with van der Waals surface area (Å²) in [5.41, 5.74) is 1.16. The van der Waals surface area contributed by atoms with Crippen LogP contribution in [-0.4, -0.2) is 23.5 Å². The molecule has 1 heterocycles. The first kappa shape index (κ1) is 15.0. The van der Waals surface area contributed by atoms with Gasteiger partial charge in [0, 0.05) is 6.42 Å². The van der Waals surface area contributed by atoms with E-state index < -0.39 is 5.97 Å². The summed E-state index contributed by atoms with van der Waals surface area (Å²) in [5, 5.41) is 8.52. The van der Waals surface area contributed by atoms with E-state index in [1.54, 1.807) is 0 Å². The van der Waals surface area contributed by atoms with Crippen molar-refractivity contribution >= 4 is 5.97 Å². The Hall–Kier alpha value is -1.39. The van der Waals surface area contributed by atoms with Crippen LogP contribution in [0.4, 0.5) is 0 Å². The molecule has 2 atom stereocenters. The lowest BCUT2D eigenvalue weighted by molar-refractivity contribution is -0.137. The van der Waals surface area contributed by atoms with Crippen molar-refractivity contribution in [2.24, 2.45) is 0 Å². The first-order valence-corrected chi connectivity index (χ1v) is 7.28. The summed E-state index contributed by atoms with van der Waals surface area (Å²) in [6.07, 6.45) is 5.37. The van der Waals surface area contributed by atoms with Crippen molar-refractivity contribution in [3.8, 4) is 0 Å². The van der Waals surface area contributed by atoms with Gasteiger partial charge in [0.25, 0.3) is 0 Å². The van der Waals surface area contributed by atoms with Gasteiger partial charge in [0.15, 0.2) is 6.29 Å². The van der Waals surface area contributed by atoms with E-state index in [9.17, 15) is 4.79 Å². The molecule has 4 heteroatoms. The molecule has 0 spiro atoms. The van der Waals surface area contributed by atoms with E-state index in [1.807, 2.05) is 30.3 Å². The molecule has 2 unspecified atom stereocenters. The van der Waals surface area contributed by atoms with Gasteiger partial charge in [0.05, 0.1) is 6.61 Å². The molecule has 1 aromatic rings. The van der Waals surface area contributed by atoms with Crippen LogP contribution in [0.1, 0.15) is 44.1 Å². The number of carboxylic acid groups (broad SMARTS) is 1. The van der Waals surface area contributed by atoms with Crippen LogP contribution in [0.25, 0.3) is 0 Å². The molecule has 1 saturated heterocycles. The summed E-state index contributed by atoms with van der Waals surface area (Å²) in [7, 11) is 0. The van der Waals surface area contributed by atoms with Crippen molar-refractivity contribution in [1.82, 2.24) is 0 Å². The zero-order valence-electron chi connectivity index (χ0n) is 11.7. The SMILES string of the molecule is O=C(O)CCCCCCC1OC1OCc1ccccc1. The van der Waals surface area contributed by atoms with E-state index in [4.69, 9.17) is 14.6 Å². The third-order valence-corrected chi connectivity index (χ3v) is 3.42. The lowest BCUT2D eigenvalue weighted by atomic mass is 10.1. The maximum atomic E-state index is 10.3. The Morgan fingerprint density at radius 1 is 1.15 bits per heavy atom. The molecule has 1 N–H and O–H groups in total. The van der Waals surface area contributed by atoms with Crippen LogP contribution in [0.2, 0.25) is 0 Å². The van der Waals surface area contributed by atoms with E-state index in [0.29, 0.717) is 6.61 Å². The number of rotatable bonds is 10. The van der Waals surface area contributed by atoms with E-state index in [1.165, 1.54) is 0 Å². The molecule has 0 aromatic heterocycles. The summed E-state index contributed by atoms with van der Waals surface area (Å²) < 4.78 is 11.1. The number of unbranched alkanes of at least 4 members (excludes halogenated alkanes) is 3. The summed E-state index contributed by atoms with van der Waals surface area (Å²) in [4.78, 5) is 10.3. The lowest BCUT2D eigenvalue weighted by Crippen LogP contribution is -2.01. The zero-order valence-corrected chi connectivity index (χ0v) is 11.7. The number of carboxylic acids is 1. The number of ether oxygens (including phenoxy) is 2. The number of benzene rings is 1. The second-order valence-corrected chi connectivity index (χ2v) is 5.19. The molecule has 2 rings (SSSR count). The molecule has 0 bridgehead atoms. The highest BCUT2D eigenvalue weighted by Crippen LogP contribution is 2.29. The van der Waals surface area contributed by atoms with Gasteiger partial charge < -0.3 is 14.6 Å². The van der Waals surface area contributed by atoms with Crippen LogP contribution in [0, 0.1) is 0 Å². The first-order chi connectivity index (χ1) is 9.75. The van der Waals surface area contributed by atoms with Gasteiger partial charge >= 0.3 is 5.97 Å². The molecule has 20 heavy (non-hydrogen) atoms. The molecule has 4 nitrogen and oxygen atoms in total. The Morgan fingerprint density at radius 3 is 2.65 bits per heavy atom. The largest absolute Gasteiger partial charge is 0.481 e. The lowest BCUT2D eigenvalue weighted by Gasteiger charge is -2.01. The molecule has 0 saturated carbocycles. The van der Waals surface area contributed by atoms with Crippen molar-refractivity contribution < 1.29 is 19.4 Å². The van der Waals surface area contributed by atoms with Gasteiger partial charge in [-0.2, -0.15) is 0 Å². The molecule has 1 aliphatic rings. The predicted octanol–water partition coefficient (Wildman–Crippen LogP) is 3.35. The van der Waals surface area contributed by atoms with Crippen molar-refractivity contribution in [2.75, 3.05) is 0 Å². The van der Waals surface area contributed by atoms with E-state index in [2.05, 4.69) is 0 Å². The monoisotopic (exact) mass is 278 g/mol. The Kier molecular flexibility index (Phi) is 6.02. The van der Waals surface area contributed by atoms with Crippen molar-refractivity contribution in [2.45, 2.75) is 57.5 Å². The van der Waals surface area contributed by atoms with Gasteiger partial charge in [-0.05, 0) is 18.4 Å². The highest BCUT2D eigenvalue weighted by Gasteiger charge is 2.39. The van der Waals surface area contributed by atoms with Gasteiger partial charge in [-0.15, -0.1) is 0 Å². The van der Waals surface area contributed by atoms with E-state index in [0.717, 1.165) is 37.7 Å². The van der Waals surface area contributed by atoms with Gasteiger partial charge in [-0.3, -0.25) is 4.79 Å². The van der Waals surface area contributed by atoms with Crippen LogP contribution in [-0.2, 0) is 20.9 Å². The minimum Gasteiger partial charge on any atom is -0.481 e. The zero-order chi connectivity index (χ0) is 14.2. The Morgan fingerprint density at radius 2 is 1.90 bits per heavy atom. The fourth-order valence-corrected chi connectivity index (χ4v) is 2.21. The fourth-order valence-electron chi connectivity index (χ4n) is 2.21. The van der Waals surface area contributed by atoms with Gasteiger partial charge in [-0.25, -0.2) is 0 Å². The second-order valence-electron chi connectivity index (χ2n) is 5.19. The number of hydrogen-bond donors (Lipinski definition) is 1. The van der Waals surface area contributed by atoms with Crippen LogP contribution in [0.15, 0.2) is 30.3 Å². The molecule has 0 amide bonds. The number of aliphatic carboxylic acids is 1. The van der Waals surface area contributed by atoms with Gasteiger partial charge in [-0.1, -0.05) is 49.6 Å². The van der Waals surface area contributed by atoms with Crippen LogP contribution in [0.3, 0.4) is 0 Å². The molecule has 0 aliphatic carbocycles. The van der Waals surface area contributed by atoms with Crippen molar-refractivity contribution in [3.63, 3.8) is 0 Å². The number of epoxide rings is 1. The summed E-state index contributed by atoms with van der Waals surface area (Å²) in [5.74, 6) is -0.704. The number of carbonyl (C=O) groups is 1. The topological polar surface area (TPSA) is 59.1 Å². The van der Waals surface area contributed by atoms with E-state index in [-0.39, 0.29) is 18.8 Å². The van der Waals surface area contributed by atoms with E-state index >= 15 is 0 Å². The third-order valence-electron chi connectivity index (χ3n) is 3.42. The van der Waals surface area contributed by atoms with Crippen molar-refractivity contribution in [1.29, 1.82) is 0 Å².